The van der Waals surface area contributed by atoms with Crippen LogP contribution in [-0.2, 0) is 27.7 Å². The fourth-order valence-electron chi connectivity index (χ4n) is 2.19. The number of benzene rings is 1. The Bertz CT molecular complexity index is 1040. The maximum absolute atomic E-state index is 12.7. The second-order valence-corrected chi connectivity index (χ2v) is 8.34. The number of aromatic amines is 1. The molecule has 0 spiro atoms. The van der Waals surface area contributed by atoms with Gasteiger partial charge in [0.25, 0.3) is 0 Å². The van der Waals surface area contributed by atoms with Gasteiger partial charge in [-0.25, -0.2) is 8.42 Å². The molecule has 0 saturated heterocycles. The Balaban J connectivity index is 1.80. The second-order valence-electron chi connectivity index (χ2n) is 5.28. The summed E-state index contributed by atoms with van der Waals surface area (Å²) in [6.45, 7) is 0.399. The first-order valence-corrected chi connectivity index (χ1v) is 9.55. The highest BCUT2D eigenvalue weighted by atomic mass is 32.2. The number of hydrogen-bond acceptors (Lipinski definition) is 8. The van der Waals surface area contributed by atoms with E-state index in [1.165, 1.54) is 19.2 Å². The topological polar surface area (TPSA) is 118 Å². The van der Waals surface area contributed by atoms with Crippen molar-refractivity contribution in [2.24, 2.45) is 0 Å². The summed E-state index contributed by atoms with van der Waals surface area (Å²) in [7, 11) is -0.758. The van der Waals surface area contributed by atoms with E-state index in [1.54, 1.807) is 13.2 Å². The molecule has 0 aliphatic carbocycles. The Labute approximate surface area is 147 Å². The van der Waals surface area contributed by atoms with Gasteiger partial charge in [-0.2, -0.15) is 9.29 Å². The number of sulfonamides is 1. The van der Waals surface area contributed by atoms with Crippen LogP contribution in [0.3, 0.4) is 0 Å². The summed E-state index contributed by atoms with van der Waals surface area (Å²) in [4.78, 5) is 18.0. The van der Waals surface area contributed by atoms with Crippen LogP contribution in [0.5, 0.6) is 0 Å². The first-order chi connectivity index (χ1) is 11.9. The number of ether oxygens (including phenoxy) is 1. The lowest BCUT2D eigenvalue weighted by atomic mass is 10.3. The predicted molar refractivity (Wildman–Crippen MR) is 91.0 cm³/mol. The van der Waals surface area contributed by atoms with Gasteiger partial charge in [0.15, 0.2) is 5.82 Å². The van der Waals surface area contributed by atoms with E-state index in [9.17, 15) is 13.2 Å². The molecule has 11 heteroatoms. The monoisotopic (exact) mass is 384 g/mol. The molecule has 0 bridgehead atoms. The molecule has 0 unspecified atom stereocenters. The zero-order valence-electron chi connectivity index (χ0n) is 13.6. The first kappa shape index (κ1) is 17.7. The molecule has 2 aromatic heterocycles. The minimum absolute atomic E-state index is 0.0519. The predicted octanol–water partition coefficient (Wildman–Crippen LogP) is 0.982. The van der Waals surface area contributed by atoms with Gasteiger partial charge >= 0.3 is 4.87 Å². The van der Waals surface area contributed by atoms with E-state index < -0.39 is 10.0 Å². The number of nitrogens with zero attached hydrogens (tertiary/aromatic N) is 3. The molecule has 0 fully saturated rings. The lowest BCUT2D eigenvalue weighted by molar-refractivity contribution is 0.199. The molecule has 3 aromatic rings. The molecule has 25 heavy (non-hydrogen) atoms. The number of H-pyrrole nitrogens is 1. The summed E-state index contributed by atoms with van der Waals surface area (Å²) in [5.74, 6) is 0.658. The van der Waals surface area contributed by atoms with Crippen LogP contribution in [0, 0.1) is 0 Å². The standard InChI is InChI=1S/C14H16N4O5S2/c1-18(8-13-16-12(17-23-13)5-6-22-2)25(20,21)9-3-4-10-11(7-9)24-14(19)15-10/h3-4,7H,5-6,8H2,1-2H3,(H,15,19). The van der Waals surface area contributed by atoms with Crippen LogP contribution in [0.1, 0.15) is 11.7 Å². The van der Waals surface area contributed by atoms with Crippen molar-refractivity contribution >= 4 is 31.6 Å². The highest BCUT2D eigenvalue weighted by Crippen LogP contribution is 2.22. The first-order valence-electron chi connectivity index (χ1n) is 7.30. The minimum atomic E-state index is -3.76. The molecular weight excluding hydrogens is 368 g/mol. The summed E-state index contributed by atoms with van der Waals surface area (Å²) >= 11 is 0.962. The number of rotatable bonds is 7. The lowest BCUT2D eigenvalue weighted by Gasteiger charge is -2.15. The molecular formula is C14H16N4O5S2. The van der Waals surface area contributed by atoms with Gasteiger partial charge in [-0.15, -0.1) is 0 Å². The number of hydrogen-bond donors (Lipinski definition) is 1. The third-order valence-electron chi connectivity index (χ3n) is 3.50. The summed E-state index contributed by atoms with van der Waals surface area (Å²) in [5, 5.41) is 3.78. The lowest BCUT2D eigenvalue weighted by Crippen LogP contribution is -2.26. The van der Waals surface area contributed by atoms with E-state index in [0.29, 0.717) is 29.1 Å². The maximum Gasteiger partial charge on any atom is 0.305 e. The molecule has 1 aromatic carbocycles. The van der Waals surface area contributed by atoms with Crippen molar-refractivity contribution in [3.63, 3.8) is 0 Å². The van der Waals surface area contributed by atoms with E-state index in [1.807, 2.05) is 0 Å². The number of methoxy groups -OCH3 is 1. The molecule has 0 radical (unpaired) electrons. The van der Waals surface area contributed by atoms with Crippen LogP contribution in [0.2, 0.25) is 0 Å². The largest absolute Gasteiger partial charge is 0.384 e. The van der Waals surface area contributed by atoms with Crippen molar-refractivity contribution in [1.29, 1.82) is 0 Å². The zero-order valence-corrected chi connectivity index (χ0v) is 15.2. The van der Waals surface area contributed by atoms with Crippen LogP contribution in [-0.4, -0.2) is 48.6 Å². The third kappa shape index (κ3) is 3.79. The summed E-state index contributed by atoms with van der Waals surface area (Å²) in [6.07, 6.45) is 0.486. The normalized spacial score (nSPS) is 12.3. The van der Waals surface area contributed by atoms with Gasteiger partial charge < -0.3 is 14.2 Å². The minimum Gasteiger partial charge on any atom is -0.384 e. The molecule has 0 saturated carbocycles. The Morgan fingerprint density at radius 3 is 2.96 bits per heavy atom. The molecule has 0 atom stereocenters. The van der Waals surface area contributed by atoms with Gasteiger partial charge in [0.2, 0.25) is 15.9 Å². The maximum atomic E-state index is 12.7. The Morgan fingerprint density at radius 2 is 2.20 bits per heavy atom. The molecule has 3 rings (SSSR count). The molecule has 2 heterocycles. The van der Waals surface area contributed by atoms with Crippen molar-refractivity contribution in [1.82, 2.24) is 19.4 Å². The van der Waals surface area contributed by atoms with Crippen LogP contribution in [0.25, 0.3) is 10.2 Å². The van der Waals surface area contributed by atoms with Gasteiger partial charge in [0, 0.05) is 20.6 Å². The smallest absolute Gasteiger partial charge is 0.305 e. The number of nitrogens with one attached hydrogen (secondary N) is 1. The highest BCUT2D eigenvalue weighted by Gasteiger charge is 2.23. The van der Waals surface area contributed by atoms with Crippen molar-refractivity contribution in [2.75, 3.05) is 20.8 Å². The third-order valence-corrected chi connectivity index (χ3v) is 6.14. The molecule has 0 aliphatic rings. The fraction of sp³-hybridized carbons (Fsp3) is 0.357. The summed E-state index contributed by atoms with van der Waals surface area (Å²) in [6, 6.07) is 4.50. The Kier molecular flexibility index (Phi) is 4.99. The van der Waals surface area contributed by atoms with Crippen LogP contribution < -0.4 is 4.87 Å². The zero-order chi connectivity index (χ0) is 18.0. The molecule has 0 aliphatic heterocycles. The average Bonchev–Trinajstić information content (AvgIpc) is 3.17. The molecule has 9 nitrogen and oxygen atoms in total. The van der Waals surface area contributed by atoms with Gasteiger partial charge in [0.1, 0.15) is 0 Å². The quantitative estimate of drug-likeness (QED) is 0.645. The van der Waals surface area contributed by atoms with Gasteiger partial charge in [-0.3, -0.25) is 4.79 Å². The molecule has 0 amide bonds. The van der Waals surface area contributed by atoms with E-state index in [0.717, 1.165) is 15.6 Å². The van der Waals surface area contributed by atoms with Gasteiger partial charge in [0.05, 0.1) is 28.3 Å². The Hall–Kier alpha value is -2.08. The van der Waals surface area contributed by atoms with Crippen LogP contribution >= 0.6 is 11.3 Å². The fourth-order valence-corrected chi connectivity index (χ4v) is 4.19. The van der Waals surface area contributed by atoms with Gasteiger partial charge in [-0.05, 0) is 18.2 Å². The van der Waals surface area contributed by atoms with E-state index in [-0.39, 0.29) is 22.2 Å². The number of aromatic nitrogens is 3. The van der Waals surface area contributed by atoms with Crippen LogP contribution in [0.4, 0.5) is 0 Å². The molecule has 134 valence electrons. The van der Waals surface area contributed by atoms with Crippen molar-refractivity contribution < 1.29 is 17.7 Å². The average molecular weight is 384 g/mol. The summed E-state index contributed by atoms with van der Waals surface area (Å²) < 4.78 is 37.1. The highest BCUT2D eigenvalue weighted by molar-refractivity contribution is 7.89. The van der Waals surface area contributed by atoms with E-state index >= 15 is 0 Å². The summed E-state index contributed by atoms with van der Waals surface area (Å²) in [5.41, 5.74) is 0.608. The van der Waals surface area contributed by atoms with Crippen molar-refractivity contribution in [2.45, 2.75) is 17.9 Å². The number of thiazole rings is 1. The van der Waals surface area contributed by atoms with E-state index in [2.05, 4.69) is 15.1 Å². The SMILES string of the molecule is COCCc1noc(CN(C)S(=O)(=O)c2ccc3[nH]c(=O)sc3c2)n1. The second kappa shape index (κ2) is 7.04. The van der Waals surface area contributed by atoms with Crippen LogP contribution in [0.15, 0.2) is 32.4 Å². The Morgan fingerprint density at radius 1 is 1.40 bits per heavy atom. The van der Waals surface area contributed by atoms with Crippen molar-refractivity contribution in [3.05, 3.63) is 39.6 Å². The van der Waals surface area contributed by atoms with E-state index in [4.69, 9.17) is 9.26 Å². The van der Waals surface area contributed by atoms with Crippen molar-refractivity contribution in [3.8, 4) is 0 Å². The van der Waals surface area contributed by atoms with Gasteiger partial charge in [-0.1, -0.05) is 16.5 Å². The molecule has 1 N–H and O–H groups in total. The number of fused-ring (bicyclic) bond motifs is 1.